The highest BCUT2D eigenvalue weighted by Gasteiger charge is 2.46. The smallest absolute Gasteiger partial charge is 0.407 e. The molecule has 5 aliphatic rings. The normalized spacial score (nSPS) is 28.3. The molecule has 1 aromatic carbocycles. The Labute approximate surface area is 339 Å². The van der Waals surface area contributed by atoms with Crippen LogP contribution in [-0.4, -0.2) is 110 Å². The fourth-order valence-electron chi connectivity index (χ4n) is 8.86. The summed E-state index contributed by atoms with van der Waals surface area (Å²) in [4.78, 5) is 76.7. The summed E-state index contributed by atoms with van der Waals surface area (Å²) >= 11 is 0. The van der Waals surface area contributed by atoms with E-state index in [1.54, 1.807) is 18.2 Å². The summed E-state index contributed by atoms with van der Waals surface area (Å²) < 4.78 is 29.3. The molecule has 0 bridgehead atoms. The summed E-state index contributed by atoms with van der Waals surface area (Å²) in [5.41, 5.74) is 1.70. The molecule has 2 fully saturated rings. The maximum absolute atomic E-state index is 13.3. The lowest BCUT2D eigenvalue weighted by atomic mass is 9.65. The Hall–Kier alpha value is -4.60. The van der Waals surface area contributed by atoms with Crippen molar-refractivity contribution in [3.63, 3.8) is 0 Å². The molecule has 3 heterocycles. The SMILES string of the molecule is C[C@H]1C=C2C=C[C@H](C)[C@H](CC[C@@H]3C[C@@H](OC(C)(C)C)CC(=O)O3)[C@H]2[C@@H](OC(=O)NCCOCCOCCNc2cccc3c2C(=O)N(C2CCC(=O)NC2=O)C3=O)C1. The Bertz CT molecular complexity index is 1790. The van der Waals surface area contributed by atoms with Crippen molar-refractivity contribution in [2.75, 3.05) is 44.8 Å². The number of benzene rings is 1. The molecule has 316 valence electrons. The number of alkyl carbamates (subject to hydrolysis) is 1. The monoisotopic (exact) mass is 806 g/mol. The second-order valence-electron chi connectivity index (χ2n) is 17.0. The molecule has 6 rings (SSSR count). The number of rotatable bonds is 16. The van der Waals surface area contributed by atoms with Crippen molar-refractivity contribution in [2.24, 2.45) is 23.7 Å². The van der Waals surface area contributed by atoms with Crippen molar-refractivity contribution in [1.82, 2.24) is 15.5 Å². The zero-order valence-electron chi connectivity index (χ0n) is 34.2. The molecular weight excluding hydrogens is 748 g/mol. The van der Waals surface area contributed by atoms with Crippen LogP contribution in [0, 0.1) is 23.7 Å². The van der Waals surface area contributed by atoms with Gasteiger partial charge in [0.2, 0.25) is 11.8 Å². The minimum absolute atomic E-state index is 0.0454. The molecule has 3 N–H and O–H groups in total. The van der Waals surface area contributed by atoms with E-state index in [2.05, 4.69) is 48.0 Å². The quantitative estimate of drug-likeness (QED) is 0.119. The van der Waals surface area contributed by atoms with E-state index in [1.807, 2.05) is 20.8 Å². The standard InChI is InChI=1S/C43H58N4O11/c1-25-21-27-10-9-26(2)30(12-11-28-23-29(24-36(49)56-28)58-43(3,4)5)37(27)34(22-25)57-42(53)45-16-18-55-20-19-54-17-15-44-32-8-6-7-31-38(32)41(52)47(40(31)51)33-13-14-35(48)46-39(33)50/h6-10,21,25-26,28-30,33-34,37,44H,11-20,22-24H2,1-5H3,(H,45,53)(H,46,48,50)/t25-,26-,28+,29+,30-,33?,34-,37-/m0/s1. The first kappa shape index (κ1) is 43.0. The van der Waals surface area contributed by atoms with Crippen molar-refractivity contribution in [1.29, 1.82) is 0 Å². The van der Waals surface area contributed by atoms with E-state index >= 15 is 0 Å². The van der Waals surface area contributed by atoms with Crippen LogP contribution < -0.4 is 16.0 Å². The number of cyclic esters (lactones) is 1. The van der Waals surface area contributed by atoms with Crippen LogP contribution in [0.25, 0.3) is 0 Å². The van der Waals surface area contributed by atoms with E-state index in [0.29, 0.717) is 38.5 Å². The van der Waals surface area contributed by atoms with Gasteiger partial charge in [-0.25, -0.2) is 4.79 Å². The summed E-state index contributed by atoms with van der Waals surface area (Å²) in [6, 6.07) is 3.86. The van der Waals surface area contributed by atoms with Crippen molar-refractivity contribution in [3.05, 3.63) is 53.1 Å². The van der Waals surface area contributed by atoms with Gasteiger partial charge in [0.05, 0.1) is 55.7 Å². The van der Waals surface area contributed by atoms with E-state index in [4.69, 9.17) is 23.7 Å². The number of nitrogens with zero attached hydrogens (tertiary/aromatic N) is 1. The van der Waals surface area contributed by atoms with Gasteiger partial charge >= 0.3 is 12.1 Å². The summed E-state index contributed by atoms with van der Waals surface area (Å²) in [6.07, 6.45) is 8.92. The molecule has 8 atom stereocenters. The highest BCUT2D eigenvalue weighted by atomic mass is 16.6. The number of allylic oxidation sites excluding steroid dienone is 3. The van der Waals surface area contributed by atoms with Crippen LogP contribution in [-0.2, 0) is 38.1 Å². The van der Waals surface area contributed by atoms with Gasteiger partial charge in [0.25, 0.3) is 11.8 Å². The highest BCUT2D eigenvalue weighted by molar-refractivity contribution is 6.25. The number of esters is 1. The molecule has 15 heteroatoms. The molecule has 2 aliphatic carbocycles. The minimum atomic E-state index is -1.03. The van der Waals surface area contributed by atoms with E-state index < -0.39 is 35.8 Å². The molecule has 3 aliphatic heterocycles. The van der Waals surface area contributed by atoms with Crippen LogP contribution in [0.3, 0.4) is 0 Å². The van der Waals surface area contributed by atoms with E-state index in [1.165, 1.54) is 5.57 Å². The molecule has 0 spiro atoms. The third-order valence-electron chi connectivity index (χ3n) is 11.3. The first-order valence-electron chi connectivity index (χ1n) is 20.6. The predicted octanol–water partition coefficient (Wildman–Crippen LogP) is 4.70. The van der Waals surface area contributed by atoms with Crippen LogP contribution in [0.15, 0.2) is 42.0 Å². The molecule has 58 heavy (non-hydrogen) atoms. The van der Waals surface area contributed by atoms with E-state index in [-0.39, 0.29) is 97.1 Å². The number of nitrogens with one attached hydrogen (secondary N) is 3. The topological polar surface area (TPSA) is 188 Å². The third-order valence-corrected chi connectivity index (χ3v) is 11.3. The average Bonchev–Trinajstić information content (AvgIpc) is 3.40. The van der Waals surface area contributed by atoms with Gasteiger partial charge in [0.15, 0.2) is 0 Å². The maximum Gasteiger partial charge on any atom is 0.407 e. The molecule has 5 amide bonds. The number of anilines is 1. The van der Waals surface area contributed by atoms with Crippen LogP contribution in [0.4, 0.5) is 10.5 Å². The summed E-state index contributed by atoms with van der Waals surface area (Å²) in [5, 5.41) is 8.17. The van der Waals surface area contributed by atoms with Gasteiger partial charge in [-0.1, -0.05) is 38.1 Å². The fourth-order valence-corrected chi connectivity index (χ4v) is 8.86. The number of carbonyl (C=O) groups is 6. The largest absolute Gasteiger partial charge is 0.462 e. The Morgan fingerprint density at radius 2 is 1.72 bits per heavy atom. The number of hydrogen-bond acceptors (Lipinski definition) is 12. The van der Waals surface area contributed by atoms with Gasteiger partial charge in [-0.3, -0.25) is 34.2 Å². The first-order valence-corrected chi connectivity index (χ1v) is 20.6. The zero-order valence-corrected chi connectivity index (χ0v) is 34.2. The summed E-state index contributed by atoms with van der Waals surface area (Å²) in [7, 11) is 0. The summed E-state index contributed by atoms with van der Waals surface area (Å²) in [6.45, 7) is 12.1. The van der Waals surface area contributed by atoms with Crippen molar-refractivity contribution >= 4 is 41.4 Å². The second-order valence-corrected chi connectivity index (χ2v) is 17.0. The van der Waals surface area contributed by atoms with Gasteiger partial charge < -0.3 is 34.3 Å². The van der Waals surface area contributed by atoms with Crippen LogP contribution >= 0.6 is 0 Å². The first-order chi connectivity index (χ1) is 27.7. The second kappa shape index (κ2) is 19.0. The van der Waals surface area contributed by atoms with Gasteiger partial charge in [-0.2, -0.15) is 0 Å². The Morgan fingerprint density at radius 3 is 2.47 bits per heavy atom. The van der Waals surface area contributed by atoms with E-state index in [9.17, 15) is 28.8 Å². The summed E-state index contributed by atoms with van der Waals surface area (Å²) in [5.74, 6) is -1.65. The molecule has 0 radical (unpaired) electrons. The molecule has 0 saturated carbocycles. The van der Waals surface area contributed by atoms with Gasteiger partial charge in [-0.15, -0.1) is 0 Å². The van der Waals surface area contributed by atoms with Crippen molar-refractivity contribution in [3.8, 4) is 0 Å². The lowest BCUT2D eigenvalue weighted by molar-refractivity contribution is -0.171. The third kappa shape index (κ3) is 10.7. The van der Waals surface area contributed by atoms with Crippen LogP contribution in [0.1, 0.15) is 100 Å². The minimum Gasteiger partial charge on any atom is -0.462 e. The Kier molecular flexibility index (Phi) is 14.1. The molecule has 1 unspecified atom stereocenters. The number of hydrogen-bond donors (Lipinski definition) is 3. The molecule has 0 aromatic heterocycles. The molecule has 1 aromatic rings. The number of piperidine rings is 1. The Balaban J connectivity index is 0.887. The molecular formula is C43H58N4O11. The molecule has 15 nitrogen and oxygen atoms in total. The Morgan fingerprint density at radius 1 is 0.966 bits per heavy atom. The highest BCUT2D eigenvalue weighted by Crippen LogP contribution is 2.45. The lowest BCUT2D eigenvalue weighted by Crippen LogP contribution is -2.54. The van der Waals surface area contributed by atoms with Gasteiger partial charge in [-0.05, 0) is 81.9 Å². The maximum atomic E-state index is 13.3. The van der Waals surface area contributed by atoms with Crippen molar-refractivity contribution < 1.29 is 52.5 Å². The van der Waals surface area contributed by atoms with E-state index in [0.717, 1.165) is 24.2 Å². The number of amides is 5. The fraction of sp³-hybridized carbons (Fsp3) is 0.628. The number of imide groups is 2. The lowest BCUT2D eigenvalue weighted by Gasteiger charge is -2.43. The van der Waals surface area contributed by atoms with Crippen LogP contribution in [0.5, 0.6) is 0 Å². The van der Waals surface area contributed by atoms with Gasteiger partial charge in [0.1, 0.15) is 18.2 Å². The predicted molar refractivity (Wildman–Crippen MR) is 212 cm³/mol. The van der Waals surface area contributed by atoms with Crippen molar-refractivity contribution in [2.45, 2.75) is 110 Å². The van der Waals surface area contributed by atoms with Crippen LogP contribution in [0.2, 0.25) is 0 Å². The molecule has 2 saturated heterocycles. The zero-order chi connectivity index (χ0) is 41.6. The number of fused-ring (bicyclic) bond motifs is 2. The van der Waals surface area contributed by atoms with Gasteiger partial charge in [0, 0.05) is 37.5 Å². The number of ether oxygens (including phenoxy) is 5. The number of carbonyl (C=O) groups excluding carboxylic acids is 6. The average molecular weight is 807 g/mol.